The lowest BCUT2D eigenvalue weighted by Crippen LogP contribution is -2.45. The second kappa shape index (κ2) is 6.67. The Balaban J connectivity index is 2.24. The van der Waals surface area contributed by atoms with Gasteiger partial charge in [-0.25, -0.2) is 0 Å². The molecule has 1 aromatic rings. The second-order valence-electron chi connectivity index (χ2n) is 5.30. The van der Waals surface area contributed by atoms with Gasteiger partial charge in [-0.05, 0) is 31.0 Å². The van der Waals surface area contributed by atoms with Gasteiger partial charge in [-0.15, -0.1) is 0 Å². The van der Waals surface area contributed by atoms with Crippen LogP contribution in [-0.4, -0.2) is 28.8 Å². The van der Waals surface area contributed by atoms with Crippen molar-refractivity contribution >= 4 is 35.0 Å². The number of hydrogen-bond donors (Lipinski definition) is 1. The molecule has 2 unspecified atom stereocenters. The van der Waals surface area contributed by atoms with Gasteiger partial charge >= 0.3 is 0 Å². The van der Waals surface area contributed by atoms with E-state index < -0.39 is 6.04 Å². The number of amides is 2. The Hall–Kier alpha value is -1.26. The summed E-state index contributed by atoms with van der Waals surface area (Å²) in [4.78, 5) is 26.0. The standard InChI is InChI=1S/C15H18Cl2N2O2/c1-3-13-15(21)19(9(2)6-14(20)18-13)8-10-4-5-11(16)12(17)7-10/h4-5,7,9,13H,3,6,8H2,1-2H3,(H,18,20). The highest BCUT2D eigenvalue weighted by Crippen LogP contribution is 2.24. The number of carbonyl (C=O) groups excluding carboxylic acids is 2. The number of benzene rings is 1. The van der Waals surface area contributed by atoms with Crippen molar-refractivity contribution in [3.63, 3.8) is 0 Å². The van der Waals surface area contributed by atoms with Crippen LogP contribution in [-0.2, 0) is 16.1 Å². The molecule has 0 radical (unpaired) electrons. The van der Waals surface area contributed by atoms with Crippen LogP contribution in [0.25, 0.3) is 0 Å². The average Bonchev–Trinajstić information content (AvgIpc) is 2.53. The third-order valence-electron chi connectivity index (χ3n) is 3.67. The van der Waals surface area contributed by atoms with E-state index in [1.54, 1.807) is 17.0 Å². The van der Waals surface area contributed by atoms with Crippen LogP contribution in [0.3, 0.4) is 0 Å². The molecule has 1 aliphatic heterocycles. The summed E-state index contributed by atoms with van der Waals surface area (Å²) >= 11 is 11.9. The van der Waals surface area contributed by atoms with Crippen LogP contribution in [0, 0.1) is 0 Å². The fourth-order valence-corrected chi connectivity index (χ4v) is 2.78. The zero-order valence-electron chi connectivity index (χ0n) is 12.0. The Labute approximate surface area is 134 Å². The summed E-state index contributed by atoms with van der Waals surface area (Å²) in [5.74, 6) is -0.138. The van der Waals surface area contributed by atoms with Gasteiger partial charge in [0.25, 0.3) is 0 Å². The van der Waals surface area contributed by atoms with Crippen molar-refractivity contribution in [1.82, 2.24) is 10.2 Å². The first-order valence-electron chi connectivity index (χ1n) is 6.96. The third kappa shape index (κ3) is 3.69. The molecular weight excluding hydrogens is 311 g/mol. The van der Waals surface area contributed by atoms with Crippen molar-refractivity contribution in [3.05, 3.63) is 33.8 Å². The lowest BCUT2D eigenvalue weighted by atomic mass is 10.1. The summed E-state index contributed by atoms with van der Waals surface area (Å²) in [6.07, 6.45) is 0.888. The van der Waals surface area contributed by atoms with Crippen LogP contribution in [0.4, 0.5) is 0 Å². The van der Waals surface area contributed by atoms with Crippen molar-refractivity contribution in [3.8, 4) is 0 Å². The van der Waals surface area contributed by atoms with Crippen LogP contribution in [0.1, 0.15) is 32.3 Å². The fourth-order valence-electron chi connectivity index (χ4n) is 2.46. The van der Waals surface area contributed by atoms with Gasteiger partial charge in [0.05, 0.1) is 10.0 Å². The molecule has 1 heterocycles. The smallest absolute Gasteiger partial charge is 0.245 e. The Kier molecular flexibility index (Phi) is 5.12. The van der Waals surface area contributed by atoms with Gasteiger partial charge in [0.1, 0.15) is 6.04 Å². The van der Waals surface area contributed by atoms with Gasteiger partial charge < -0.3 is 10.2 Å². The summed E-state index contributed by atoms with van der Waals surface area (Å²) in [5, 5.41) is 3.72. The summed E-state index contributed by atoms with van der Waals surface area (Å²) in [6, 6.07) is 4.71. The molecule has 2 atom stereocenters. The molecule has 1 aliphatic rings. The summed E-state index contributed by atoms with van der Waals surface area (Å²) in [7, 11) is 0. The molecule has 0 spiro atoms. The number of halogens is 2. The molecule has 1 fully saturated rings. The highest BCUT2D eigenvalue weighted by molar-refractivity contribution is 6.42. The zero-order valence-corrected chi connectivity index (χ0v) is 13.5. The van der Waals surface area contributed by atoms with Gasteiger partial charge in [0, 0.05) is 19.0 Å². The SMILES string of the molecule is CCC1NC(=O)CC(C)N(Cc2ccc(Cl)c(Cl)c2)C1=O. The Bertz CT molecular complexity index is 563. The minimum atomic E-state index is -0.453. The van der Waals surface area contributed by atoms with Crippen molar-refractivity contribution in [2.24, 2.45) is 0 Å². The van der Waals surface area contributed by atoms with Crippen molar-refractivity contribution in [2.75, 3.05) is 0 Å². The minimum Gasteiger partial charge on any atom is -0.344 e. The monoisotopic (exact) mass is 328 g/mol. The van der Waals surface area contributed by atoms with Crippen molar-refractivity contribution < 1.29 is 9.59 Å². The van der Waals surface area contributed by atoms with E-state index in [2.05, 4.69) is 5.32 Å². The van der Waals surface area contributed by atoms with E-state index in [1.807, 2.05) is 19.9 Å². The van der Waals surface area contributed by atoms with E-state index >= 15 is 0 Å². The molecule has 21 heavy (non-hydrogen) atoms. The molecule has 6 heteroatoms. The van der Waals surface area contributed by atoms with E-state index in [1.165, 1.54) is 0 Å². The fraction of sp³-hybridized carbons (Fsp3) is 0.467. The van der Waals surface area contributed by atoms with E-state index in [4.69, 9.17) is 23.2 Å². The topological polar surface area (TPSA) is 49.4 Å². The van der Waals surface area contributed by atoms with E-state index in [-0.39, 0.29) is 17.9 Å². The van der Waals surface area contributed by atoms with E-state index in [0.717, 1.165) is 5.56 Å². The number of nitrogens with one attached hydrogen (secondary N) is 1. The van der Waals surface area contributed by atoms with Crippen LogP contribution in [0.2, 0.25) is 10.0 Å². The van der Waals surface area contributed by atoms with Gasteiger partial charge in [0.2, 0.25) is 11.8 Å². The summed E-state index contributed by atoms with van der Waals surface area (Å²) < 4.78 is 0. The number of carbonyl (C=O) groups is 2. The lowest BCUT2D eigenvalue weighted by molar-refractivity contribution is -0.135. The first kappa shape index (κ1) is 16.1. The zero-order chi connectivity index (χ0) is 15.6. The van der Waals surface area contributed by atoms with Gasteiger partial charge in [-0.2, -0.15) is 0 Å². The maximum atomic E-state index is 12.5. The number of rotatable bonds is 3. The van der Waals surface area contributed by atoms with Crippen LogP contribution < -0.4 is 5.32 Å². The molecule has 2 rings (SSSR count). The Morgan fingerprint density at radius 3 is 2.62 bits per heavy atom. The molecular formula is C15H18Cl2N2O2. The predicted molar refractivity (Wildman–Crippen MR) is 83.3 cm³/mol. The number of nitrogens with zero attached hydrogens (tertiary/aromatic N) is 1. The van der Waals surface area contributed by atoms with E-state index in [9.17, 15) is 9.59 Å². The van der Waals surface area contributed by atoms with Gasteiger partial charge in [-0.1, -0.05) is 36.2 Å². The molecule has 1 saturated heterocycles. The van der Waals surface area contributed by atoms with Gasteiger partial charge in [-0.3, -0.25) is 9.59 Å². The molecule has 0 aliphatic carbocycles. The van der Waals surface area contributed by atoms with Crippen LogP contribution >= 0.6 is 23.2 Å². The highest BCUT2D eigenvalue weighted by Gasteiger charge is 2.32. The Morgan fingerprint density at radius 1 is 1.29 bits per heavy atom. The van der Waals surface area contributed by atoms with Crippen LogP contribution in [0.15, 0.2) is 18.2 Å². The van der Waals surface area contributed by atoms with Crippen molar-refractivity contribution in [1.29, 1.82) is 0 Å². The second-order valence-corrected chi connectivity index (χ2v) is 6.11. The highest BCUT2D eigenvalue weighted by atomic mass is 35.5. The maximum Gasteiger partial charge on any atom is 0.245 e. The molecule has 2 amide bonds. The Morgan fingerprint density at radius 2 is 2.00 bits per heavy atom. The van der Waals surface area contributed by atoms with Gasteiger partial charge in [0.15, 0.2) is 0 Å². The first-order chi connectivity index (χ1) is 9.92. The van der Waals surface area contributed by atoms with E-state index in [0.29, 0.717) is 29.4 Å². The molecule has 4 nitrogen and oxygen atoms in total. The van der Waals surface area contributed by atoms with Crippen molar-refractivity contribution in [2.45, 2.75) is 45.3 Å². The van der Waals surface area contributed by atoms with Crippen LogP contribution in [0.5, 0.6) is 0 Å². The lowest BCUT2D eigenvalue weighted by Gasteiger charge is -2.28. The largest absolute Gasteiger partial charge is 0.344 e. The molecule has 1 aromatic carbocycles. The maximum absolute atomic E-state index is 12.5. The number of hydrogen-bond acceptors (Lipinski definition) is 2. The summed E-state index contributed by atoms with van der Waals surface area (Å²) in [5.41, 5.74) is 0.897. The minimum absolute atomic E-state index is 0.0538. The molecule has 1 N–H and O–H groups in total. The summed E-state index contributed by atoms with van der Waals surface area (Å²) in [6.45, 7) is 4.19. The quantitative estimate of drug-likeness (QED) is 0.927. The predicted octanol–water partition coefficient (Wildman–Crippen LogP) is 3.01. The molecule has 0 bridgehead atoms. The third-order valence-corrected chi connectivity index (χ3v) is 4.41. The molecule has 0 saturated carbocycles. The normalized spacial score (nSPS) is 23.0. The molecule has 114 valence electrons. The molecule has 0 aromatic heterocycles. The first-order valence-corrected chi connectivity index (χ1v) is 7.71. The average molecular weight is 329 g/mol.